The number of carbonyl (C=O) groups excluding carboxylic acids is 2. The van der Waals surface area contributed by atoms with E-state index < -0.39 is 23.7 Å². The lowest BCUT2D eigenvalue weighted by Crippen LogP contribution is -2.45. The number of carbonyl (C=O) groups is 2. The van der Waals surface area contributed by atoms with Gasteiger partial charge in [0.15, 0.2) is 0 Å². The summed E-state index contributed by atoms with van der Waals surface area (Å²) in [6, 6.07) is 13.3. The van der Waals surface area contributed by atoms with Crippen molar-refractivity contribution < 1.29 is 23.8 Å². The molecule has 0 fully saturated rings. The first-order valence-corrected chi connectivity index (χ1v) is 12.2. The molecule has 186 valence electrons. The van der Waals surface area contributed by atoms with Crippen molar-refractivity contribution in [2.75, 3.05) is 19.6 Å². The highest BCUT2D eigenvalue weighted by atomic mass is 35.5. The van der Waals surface area contributed by atoms with E-state index in [4.69, 9.17) is 25.8 Å². The second-order valence-electron chi connectivity index (χ2n) is 9.04. The van der Waals surface area contributed by atoms with Crippen LogP contribution in [0.25, 0.3) is 11.1 Å². The van der Waals surface area contributed by atoms with E-state index in [0.717, 1.165) is 41.7 Å². The number of nitrogens with one attached hydrogen (secondary N) is 1. The summed E-state index contributed by atoms with van der Waals surface area (Å²) in [7, 11) is 1.30. The molecule has 0 saturated carbocycles. The van der Waals surface area contributed by atoms with Crippen LogP contribution in [0.3, 0.4) is 0 Å². The Labute approximate surface area is 207 Å². The molecule has 0 aromatic heterocycles. The molecule has 1 amide bonds. The standard InChI is InChI=1S/C27H36ClNO5/c1-6-20-18-22(33-16-8-7-15-28)13-14-23(20)21-11-9-19(10-12-21)17-24(25(30)32-5)29-26(31)34-27(2,3)4/h9-14,18,24H,6-8,15-17H2,1-5H3,(H,29,31). The highest BCUT2D eigenvalue weighted by molar-refractivity contribution is 6.17. The van der Waals surface area contributed by atoms with Crippen LogP contribution in [0.1, 0.15) is 51.7 Å². The van der Waals surface area contributed by atoms with Crippen LogP contribution in [0, 0.1) is 0 Å². The highest BCUT2D eigenvalue weighted by Crippen LogP contribution is 2.28. The molecule has 7 heteroatoms. The van der Waals surface area contributed by atoms with Crippen LogP contribution in [0.4, 0.5) is 4.79 Å². The number of amides is 1. The zero-order valence-corrected chi connectivity index (χ0v) is 21.5. The molecule has 1 atom stereocenters. The van der Waals surface area contributed by atoms with Gasteiger partial charge in [-0.25, -0.2) is 9.59 Å². The van der Waals surface area contributed by atoms with Gasteiger partial charge < -0.3 is 19.5 Å². The third-order valence-corrected chi connectivity index (χ3v) is 5.40. The lowest BCUT2D eigenvalue weighted by molar-refractivity contribution is -0.143. The van der Waals surface area contributed by atoms with Gasteiger partial charge in [0.05, 0.1) is 13.7 Å². The minimum atomic E-state index is -0.841. The van der Waals surface area contributed by atoms with Gasteiger partial charge in [0.1, 0.15) is 17.4 Å². The van der Waals surface area contributed by atoms with Crippen LogP contribution in [0.5, 0.6) is 5.75 Å². The molecule has 0 heterocycles. The Morgan fingerprint density at radius 1 is 1.06 bits per heavy atom. The fourth-order valence-corrected chi connectivity index (χ4v) is 3.65. The molecule has 2 aromatic rings. The monoisotopic (exact) mass is 489 g/mol. The van der Waals surface area contributed by atoms with Crippen LogP contribution in [-0.2, 0) is 27.1 Å². The van der Waals surface area contributed by atoms with E-state index in [-0.39, 0.29) is 0 Å². The fourth-order valence-electron chi connectivity index (χ4n) is 3.46. The van der Waals surface area contributed by atoms with E-state index in [1.807, 2.05) is 30.3 Å². The van der Waals surface area contributed by atoms with Crippen LogP contribution < -0.4 is 10.1 Å². The average Bonchev–Trinajstić information content (AvgIpc) is 2.80. The molecule has 2 aromatic carbocycles. The summed E-state index contributed by atoms with van der Waals surface area (Å²) in [6.07, 6.45) is 2.39. The molecule has 1 N–H and O–H groups in total. The third-order valence-electron chi connectivity index (χ3n) is 5.14. The van der Waals surface area contributed by atoms with E-state index in [0.29, 0.717) is 18.9 Å². The van der Waals surface area contributed by atoms with Crippen molar-refractivity contribution in [3.63, 3.8) is 0 Å². The van der Waals surface area contributed by atoms with Gasteiger partial charge in [-0.15, -0.1) is 11.6 Å². The number of aryl methyl sites for hydroxylation is 1. The van der Waals surface area contributed by atoms with Crippen molar-refractivity contribution >= 4 is 23.7 Å². The third kappa shape index (κ3) is 8.90. The highest BCUT2D eigenvalue weighted by Gasteiger charge is 2.25. The topological polar surface area (TPSA) is 73.9 Å². The van der Waals surface area contributed by atoms with Gasteiger partial charge in [-0.2, -0.15) is 0 Å². The van der Waals surface area contributed by atoms with Gasteiger partial charge >= 0.3 is 12.1 Å². The molecule has 0 bridgehead atoms. The molecule has 34 heavy (non-hydrogen) atoms. The quantitative estimate of drug-likeness (QED) is 0.241. The van der Waals surface area contributed by atoms with Gasteiger partial charge in [0.25, 0.3) is 0 Å². The Morgan fingerprint density at radius 2 is 1.76 bits per heavy atom. The molecule has 0 aliphatic rings. The number of halogens is 1. The smallest absolute Gasteiger partial charge is 0.408 e. The van der Waals surface area contributed by atoms with Crippen molar-refractivity contribution in [3.05, 3.63) is 53.6 Å². The lowest BCUT2D eigenvalue weighted by Gasteiger charge is -2.22. The maximum atomic E-state index is 12.2. The van der Waals surface area contributed by atoms with Crippen molar-refractivity contribution in [2.24, 2.45) is 0 Å². The molecule has 0 aliphatic heterocycles. The largest absolute Gasteiger partial charge is 0.494 e. The molecular weight excluding hydrogens is 454 g/mol. The second-order valence-corrected chi connectivity index (χ2v) is 9.42. The second kappa shape index (κ2) is 13.2. The zero-order valence-electron chi connectivity index (χ0n) is 20.8. The summed E-state index contributed by atoms with van der Waals surface area (Å²) in [5.41, 5.74) is 3.64. The first-order valence-electron chi connectivity index (χ1n) is 11.6. The summed E-state index contributed by atoms with van der Waals surface area (Å²) in [6.45, 7) is 8.08. The zero-order chi connectivity index (χ0) is 25.1. The Bertz CT molecular complexity index is 937. The van der Waals surface area contributed by atoms with Crippen molar-refractivity contribution in [1.82, 2.24) is 5.32 Å². The Morgan fingerprint density at radius 3 is 2.35 bits per heavy atom. The maximum Gasteiger partial charge on any atom is 0.408 e. The van der Waals surface area contributed by atoms with Crippen molar-refractivity contribution in [3.8, 4) is 16.9 Å². The summed E-state index contributed by atoms with van der Waals surface area (Å²) in [4.78, 5) is 24.4. The molecule has 0 aliphatic carbocycles. The lowest BCUT2D eigenvalue weighted by atomic mass is 9.96. The molecular formula is C27H36ClNO5. The van der Waals surface area contributed by atoms with Crippen LogP contribution in [-0.4, -0.2) is 43.3 Å². The summed E-state index contributed by atoms with van der Waals surface area (Å²) in [5, 5.41) is 2.61. The SMILES string of the molecule is CCc1cc(OCCCCCl)ccc1-c1ccc(CC(NC(=O)OC(C)(C)C)C(=O)OC)cc1. The minimum absolute atomic E-state index is 0.294. The van der Waals surface area contributed by atoms with Crippen LogP contribution in [0.2, 0.25) is 0 Å². The Hall–Kier alpha value is -2.73. The van der Waals surface area contributed by atoms with E-state index in [9.17, 15) is 9.59 Å². The molecule has 2 rings (SSSR count). The number of unbranched alkanes of at least 4 members (excludes halogenated alkanes) is 1. The number of benzene rings is 2. The predicted molar refractivity (Wildman–Crippen MR) is 136 cm³/mol. The van der Waals surface area contributed by atoms with Crippen LogP contribution >= 0.6 is 11.6 Å². The van der Waals surface area contributed by atoms with Crippen molar-refractivity contribution in [1.29, 1.82) is 0 Å². The minimum Gasteiger partial charge on any atom is -0.494 e. The van der Waals surface area contributed by atoms with Gasteiger partial charge in [-0.1, -0.05) is 37.3 Å². The summed E-state index contributed by atoms with van der Waals surface area (Å²) < 4.78 is 16.0. The molecule has 0 saturated heterocycles. The van der Waals surface area contributed by atoms with Gasteiger partial charge in [-0.05, 0) is 74.4 Å². The number of rotatable bonds is 11. The van der Waals surface area contributed by atoms with E-state index in [1.165, 1.54) is 12.7 Å². The summed E-state index contributed by atoms with van der Waals surface area (Å²) in [5.74, 6) is 0.987. The normalized spacial score (nSPS) is 12.1. The molecule has 6 nitrogen and oxygen atoms in total. The van der Waals surface area contributed by atoms with E-state index in [1.54, 1.807) is 20.8 Å². The number of alkyl carbamates (subject to hydrolysis) is 1. The van der Waals surface area contributed by atoms with Crippen molar-refractivity contribution in [2.45, 2.75) is 65.0 Å². The molecule has 0 radical (unpaired) electrons. The number of hydrogen-bond donors (Lipinski definition) is 1. The molecule has 0 spiro atoms. The first kappa shape index (κ1) is 27.5. The average molecular weight is 490 g/mol. The number of ether oxygens (including phenoxy) is 3. The Kier molecular flexibility index (Phi) is 10.7. The predicted octanol–water partition coefficient (Wildman–Crippen LogP) is 5.92. The van der Waals surface area contributed by atoms with Gasteiger partial charge in [-0.3, -0.25) is 0 Å². The number of alkyl halides is 1. The Balaban J connectivity index is 2.11. The van der Waals surface area contributed by atoms with E-state index >= 15 is 0 Å². The molecule has 1 unspecified atom stereocenters. The fraction of sp³-hybridized carbons (Fsp3) is 0.481. The number of esters is 1. The summed E-state index contributed by atoms with van der Waals surface area (Å²) >= 11 is 5.72. The van der Waals surface area contributed by atoms with Gasteiger partial charge in [0.2, 0.25) is 0 Å². The first-order chi connectivity index (χ1) is 16.2. The van der Waals surface area contributed by atoms with Gasteiger partial charge in [0, 0.05) is 12.3 Å². The number of methoxy groups -OCH3 is 1. The maximum absolute atomic E-state index is 12.2. The van der Waals surface area contributed by atoms with E-state index in [2.05, 4.69) is 24.4 Å². The van der Waals surface area contributed by atoms with Crippen LogP contribution in [0.15, 0.2) is 42.5 Å². The number of hydrogen-bond acceptors (Lipinski definition) is 5.